The van der Waals surface area contributed by atoms with Gasteiger partial charge >= 0.3 is 0 Å². The Morgan fingerprint density at radius 1 is 0.921 bits per heavy atom. The molecule has 0 atom stereocenters. The summed E-state index contributed by atoms with van der Waals surface area (Å²) in [6, 6.07) is 28.9. The zero-order valence-electron chi connectivity index (χ0n) is 22.8. The monoisotopic (exact) mass is 509 g/mol. The van der Waals surface area contributed by atoms with Gasteiger partial charge in [-0.3, -0.25) is 9.88 Å². The lowest BCUT2D eigenvalue weighted by Gasteiger charge is -2.38. The second-order valence-corrected chi connectivity index (χ2v) is 11.6. The smallest absolute Gasteiger partial charge is 0.121 e. The van der Waals surface area contributed by atoms with E-state index in [1.165, 1.54) is 5.56 Å². The van der Waals surface area contributed by atoms with Crippen LogP contribution in [0.25, 0.3) is 10.9 Å². The molecule has 0 aliphatic carbocycles. The van der Waals surface area contributed by atoms with Crippen LogP contribution in [-0.4, -0.2) is 46.8 Å². The predicted molar refractivity (Wildman–Crippen MR) is 156 cm³/mol. The van der Waals surface area contributed by atoms with Gasteiger partial charge in [0, 0.05) is 60.0 Å². The number of aromatic nitrogens is 1. The van der Waals surface area contributed by atoms with Gasteiger partial charge in [0.15, 0.2) is 0 Å². The highest BCUT2D eigenvalue weighted by atomic mass is 16.5. The van der Waals surface area contributed by atoms with Gasteiger partial charge in [-0.2, -0.15) is 0 Å². The molecule has 0 spiro atoms. The minimum atomic E-state index is -0.608. The number of para-hydroxylation sites is 1. The van der Waals surface area contributed by atoms with Crippen molar-refractivity contribution in [1.82, 2.24) is 9.88 Å². The highest BCUT2D eigenvalue weighted by Crippen LogP contribution is 2.32. The molecule has 1 fully saturated rings. The maximum absolute atomic E-state index is 11.1. The summed E-state index contributed by atoms with van der Waals surface area (Å²) < 4.78 is 6.14. The molecule has 1 saturated heterocycles. The number of ether oxygens (including phenoxy) is 1. The van der Waals surface area contributed by atoms with E-state index in [1.54, 1.807) is 0 Å². The van der Waals surface area contributed by atoms with Crippen LogP contribution < -0.4 is 10.1 Å². The predicted octanol–water partition coefficient (Wildman–Crippen LogP) is 6.72. The van der Waals surface area contributed by atoms with Gasteiger partial charge in [-0.25, -0.2) is 0 Å². The van der Waals surface area contributed by atoms with Gasteiger partial charge < -0.3 is 15.2 Å². The molecule has 1 aliphatic heterocycles. The van der Waals surface area contributed by atoms with Crippen molar-refractivity contribution in [2.45, 2.75) is 51.0 Å². The van der Waals surface area contributed by atoms with Crippen molar-refractivity contribution in [1.29, 1.82) is 0 Å². The molecule has 0 unspecified atom stereocenters. The number of likely N-dealkylation sites (tertiary alicyclic amines) is 1. The molecule has 1 aromatic heterocycles. The minimum Gasteiger partial charge on any atom is -0.492 e. The van der Waals surface area contributed by atoms with E-state index in [0.717, 1.165) is 72.6 Å². The first-order chi connectivity index (χ1) is 18.3. The third-order valence-electron chi connectivity index (χ3n) is 7.44. The summed E-state index contributed by atoms with van der Waals surface area (Å²) in [6.07, 6.45) is 2.30. The fraction of sp³-hybridized carbons (Fsp3) is 0.364. The molecule has 5 nitrogen and oxygen atoms in total. The number of benzene rings is 3. The molecule has 198 valence electrons. The van der Waals surface area contributed by atoms with E-state index >= 15 is 0 Å². The van der Waals surface area contributed by atoms with Crippen LogP contribution in [0, 0.1) is 0 Å². The number of nitrogens with zero attached hydrogens (tertiary/aromatic N) is 2. The van der Waals surface area contributed by atoms with Crippen LogP contribution in [0.2, 0.25) is 0 Å². The van der Waals surface area contributed by atoms with Crippen LogP contribution in [0.5, 0.6) is 5.75 Å². The summed E-state index contributed by atoms with van der Waals surface area (Å²) in [4.78, 5) is 7.28. The number of piperidine rings is 1. The molecule has 4 aromatic rings. The summed E-state index contributed by atoms with van der Waals surface area (Å²) in [6.45, 7) is 9.81. The molecule has 0 radical (unpaired) electrons. The van der Waals surface area contributed by atoms with Crippen molar-refractivity contribution < 1.29 is 9.84 Å². The van der Waals surface area contributed by atoms with E-state index in [1.807, 2.05) is 36.4 Å². The average Bonchev–Trinajstić information content (AvgIpc) is 2.90. The Kier molecular flexibility index (Phi) is 7.68. The van der Waals surface area contributed by atoms with E-state index in [4.69, 9.17) is 9.72 Å². The molecule has 38 heavy (non-hydrogen) atoms. The fourth-order valence-corrected chi connectivity index (χ4v) is 5.12. The molecule has 0 bridgehead atoms. The molecular formula is C33H39N3O2. The Balaban J connectivity index is 1.17. The zero-order chi connectivity index (χ0) is 26.6. The first-order valence-electron chi connectivity index (χ1n) is 13.7. The van der Waals surface area contributed by atoms with Crippen molar-refractivity contribution in [2.75, 3.05) is 31.6 Å². The van der Waals surface area contributed by atoms with E-state index < -0.39 is 5.60 Å². The first kappa shape index (κ1) is 26.2. The molecule has 1 aliphatic rings. The fourth-order valence-electron chi connectivity index (χ4n) is 5.12. The standard InChI is InChI=1S/C33H39N3O2/c1-32(2,3)31-23-30(28-14-7-8-15-29(28)35-31)34-26-12-9-13-27(22-26)38-21-20-36-18-16-33(37,17-19-36)24-25-10-5-4-6-11-25/h4-15,22-23,37H,16-21,24H2,1-3H3,(H,34,35). The van der Waals surface area contributed by atoms with E-state index in [9.17, 15) is 5.11 Å². The number of pyridine rings is 1. The minimum absolute atomic E-state index is 0.0445. The average molecular weight is 510 g/mol. The Morgan fingerprint density at radius 3 is 2.42 bits per heavy atom. The van der Waals surface area contributed by atoms with Crippen molar-refractivity contribution in [2.24, 2.45) is 0 Å². The van der Waals surface area contributed by atoms with Crippen molar-refractivity contribution in [3.8, 4) is 5.75 Å². The summed E-state index contributed by atoms with van der Waals surface area (Å²) in [5.74, 6) is 0.849. The topological polar surface area (TPSA) is 57.6 Å². The normalized spacial score (nSPS) is 15.9. The number of fused-ring (bicyclic) bond motifs is 1. The van der Waals surface area contributed by atoms with Crippen LogP contribution in [-0.2, 0) is 11.8 Å². The van der Waals surface area contributed by atoms with E-state index in [2.05, 4.69) is 79.5 Å². The van der Waals surface area contributed by atoms with Gasteiger partial charge in [0.25, 0.3) is 0 Å². The number of anilines is 2. The number of aliphatic hydroxyl groups is 1. The van der Waals surface area contributed by atoms with Gasteiger partial charge in [-0.1, -0.05) is 75.4 Å². The largest absolute Gasteiger partial charge is 0.492 e. The van der Waals surface area contributed by atoms with Crippen LogP contribution in [0.4, 0.5) is 11.4 Å². The van der Waals surface area contributed by atoms with Gasteiger partial charge in [-0.15, -0.1) is 0 Å². The highest BCUT2D eigenvalue weighted by Gasteiger charge is 2.32. The van der Waals surface area contributed by atoms with Crippen molar-refractivity contribution >= 4 is 22.3 Å². The Morgan fingerprint density at radius 2 is 1.66 bits per heavy atom. The van der Waals surface area contributed by atoms with Crippen LogP contribution in [0.15, 0.2) is 84.9 Å². The first-order valence-corrected chi connectivity index (χ1v) is 13.7. The molecule has 5 rings (SSSR count). The van der Waals surface area contributed by atoms with Crippen molar-refractivity contribution in [3.63, 3.8) is 0 Å². The van der Waals surface area contributed by atoms with Crippen LogP contribution in [0.1, 0.15) is 44.9 Å². The van der Waals surface area contributed by atoms with Gasteiger partial charge in [-0.05, 0) is 42.7 Å². The second-order valence-electron chi connectivity index (χ2n) is 11.6. The quantitative estimate of drug-likeness (QED) is 0.276. The Hall–Kier alpha value is -3.41. The van der Waals surface area contributed by atoms with Crippen LogP contribution in [0.3, 0.4) is 0 Å². The van der Waals surface area contributed by atoms with Gasteiger partial charge in [0.2, 0.25) is 0 Å². The summed E-state index contributed by atoms with van der Waals surface area (Å²) in [7, 11) is 0. The summed E-state index contributed by atoms with van der Waals surface area (Å²) in [5.41, 5.74) is 4.64. The second kappa shape index (κ2) is 11.1. The van der Waals surface area contributed by atoms with Gasteiger partial charge in [0.1, 0.15) is 12.4 Å². The Labute approximate surface area is 226 Å². The maximum Gasteiger partial charge on any atom is 0.121 e. The number of hydrogen-bond donors (Lipinski definition) is 2. The van der Waals surface area contributed by atoms with E-state index in [0.29, 0.717) is 6.61 Å². The highest BCUT2D eigenvalue weighted by molar-refractivity contribution is 5.93. The lowest BCUT2D eigenvalue weighted by atomic mass is 9.85. The third-order valence-corrected chi connectivity index (χ3v) is 7.44. The molecule has 0 saturated carbocycles. The molecule has 3 aromatic carbocycles. The zero-order valence-corrected chi connectivity index (χ0v) is 22.8. The van der Waals surface area contributed by atoms with E-state index in [-0.39, 0.29) is 5.41 Å². The lowest BCUT2D eigenvalue weighted by molar-refractivity contribution is -0.0226. The molecule has 5 heteroatoms. The lowest BCUT2D eigenvalue weighted by Crippen LogP contribution is -2.46. The molecule has 2 N–H and O–H groups in total. The van der Waals surface area contributed by atoms with Crippen molar-refractivity contribution in [3.05, 3.63) is 96.2 Å². The molecule has 2 heterocycles. The SMILES string of the molecule is CC(C)(C)c1cc(Nc2cccc(OCCN3CCC(O)(Cc4ccccc4)CC3)c2)c2ccccc2n1. The Bertz CT molecular complexity index is 1360. The number of hydrogen-bond acceptors (Lipinski definition) is 5. The third kappa shape index (κ3) is 6.53. The molecule has 0 amide bonds. The molecular weight excluding hydrogens is 470 g/mol. The summed E-state index contributed by atoms with van der Waals surface area (Å²) in [5, 5.41) is 15.8. The van der Waals surface area contributed by atoms with Crippen LogP contribution >= 0.6 is 0 Å². The number of rotatable bonds is 8. The summed E-state index contributed by atoms with van der Waals surface area (Å²) >= 11 is 0. The maximum atomic E-state index is 11.1. The van der Waals surface area contributed by atoms with Gasteiger partial charge in [0.05, 0.1) is 11.1 Å². The number of nitrogens with one attached hydrogen (secondary N) is 1.